The molecule has 1 amide bonds. The van der Waals surface area contributed by atoms with Gasteiger partial charge in [0.1, 0.15) is 5.69 Å². The number of aryl methyl sites for hydroxylation is 3. The summed E-state index contributed by atoms with van der Waals surface area (Å²) >= 11 is 0. The molecule has 5 nitrogen and oxygen atoms in total. The maximum absolute atomic E-state index is 12.8. The first kappa shape index (κ1) is 18.6. The van der Waals surface area contributed by atoms with Gasteiger partial charge in [0, 0.05) is 17.9 Å². The molecule has 0 fully saturated rings. The van der Waals surface area contributed by atoms with Gasteiger partial charge >= 0.3 is 0 Å². The highest BCUT2D eigenvalue weighted by Crippen LogP contribution is 2.22. The molecule has 5 heteroatoms. The highest BCUT2D eigenvalue weighted by molar-refractivity contribution is 6.04. The number of rotatable bonds is 6. The van der Waals surface area contributed by atoms with Crippen LogP contribution >= 0.6 is 0 Å². The highest BCUT2D eigenvalue weighted by atomic mass is 16.1. The fourth-order valence-electron chi connectivity index (χ4n) is 2.92. The lowest BCUT2D eigenvalue weighted by atomic mass is 10.1. The Hall–Kier alpha value is -3.21. The van der Waals surface area contributed by atoms with Gasteiger partial charge in [-0.3, -0.25) is 4.79 Å². The summed E-state index contributed by atoms with van der Waals surface area (Å²) in [6, 6.07) is 17.7. The standard InChI is InChI=1S/C22H24N4O/c1-4-18-12-8-9-15(2)20(18)26-21(27)19-13-16(3)24-22(25-19)23-14-17-10-6-5-7-11-17/h5-13H,4,14H2,1-3H3,(H,26,27)(H,23,24,25). The Kier molecular flexibility index (Phi) is 5.81. The van der Waals surface area contributed by atoms with Crippen molar-refractivity contribution in [3.8, 4) is 0 Å². The Morgan fingerprint density at radius 2 is 1.78 bits per heavy atom. The van der Waals surface area contributed by atoms with Crippen LogP contribution in [0.3, 0.4) is 0 Å². The minimum absolute atomic E-state index is 0.229. The van der Waals surface area contributed by atoms with Crippen molar-refractivity contribution in [2.45, 2.75) is 33.7 Å². The second-order valence-corrected chi connectivity index (χ2v) is 6.47. The molecule has 0 radical (unpaired) electrons. The SMILES string of the molecule is CCc1cccc(C)c1NC(=O)c1cc(C)nc(NCc2ccccc2)n1. The lowest BCUT2D eigenvalue weighted by Gasteiger charge is -2.13. The van der Waals surface area contributed by atoms with Gasteiger partial charge in [-0.25, -0.2) is 9.97 Å². The molecule has 3 aromatic rings. The van der Waals surface area contributed by atoms with Crippen LogP contribution in [0.4, 0.5) is 11.6 Å². The van der Waals surface area contributed by atoms with Crippen molar-refractivity contribution in [2.24, 2.45) is 0 Å². The van der Waals surface area contributed by atoms with Crippen LogP contribution in [-0.4, -0.2) is 15.9 Å². The predicted molar refractivity (Wildman–Crippen MR) is 109 cm³/mol. The Labute approximate surface area is 159 Å². The summed E-state index contributed by atoms with van der Waals surface area (Å²) in [6.45, 7) is 6.53. The fourth-order valence-corrected chi connectivity index (χ4v) is 2.92. The van der Waals surface area contributed by atoms with Crippen LogP contribution in [0, 0.1) is 13.8 Å². The van der Waals surface area contributed by atoms with Crippen molar-refractivity contribution in [3.63, 3.8) is 0 Å². The van der Waals surface area contributed by atoms with Gasteiger partial charge in [0.25, 0.3) is 5.91 Å². The largest absolute Gasteiger partial charge is 0.350 e. The minimum atomic E-state index is -0.229. The number of aromatic nitrogens is 2. The first-order valence-corrected chi connectivity index (χ1v) is 9.10. The molecule has 138 valence electrons. The van der Waals surface area contributed by atoms with Gasteiger partial charge in [-0.2, -0.15) is 0 Å². The number of carbonyl (C=O) groups excluding carboxylic acids is 1. The Morgan fingerprint density at radius 3 is 2.52 bits per heavy atom. The molecule has 3 rings (SSSR count). The first-order chi connectivity index (χ1) is 13.1. The van der Waals surface area contributed by atoms with E-state index in [-0.39, 0.29) is 5.91 Å². The van der Waals surface area contributed by atoms with E-state index >= 15 is 0 Å². The zero-order chi connectivity index (χ0) is 19.2. The van der Waals surface area contributed by atoms with E-state index in [1.165, 1.54) is 0 Å². The zero-order valence-corrected chi connectivity index (χ0v) is 15.9. The summed E-state index contributed by atoms with van der Waals surface area (Å²) in [5.41, 5.74) is 5.23. The molecule has 2 aromatic carbocycles. The van der Waals surface area contributed by atoms with Gasteiger partial charge in [-0.1, -0.05) is 55.5 Å². The molecule has 0 unspecified atom stereocenters. The van der Waals surface area contributed by atoms with Crippen molar-refractivity contribution in [1.29, 1.82) is 0 Å². The molecule has 0 saturated heterocycles. The van der Waals surface area contributed by atoms with Crippen LogP contribution in [0.5, 0.6) is 0 Å². The van der Waals surface area contributed by atoms with Crippen LogP contribution in [0.1, 0.15) is 39.8 Å². The molecule has 0 aliphatic rings. The number of carbonyl (C=O) groups is 1. The van der Waals surface area contributed by atoms with Crippen LogP contribution in [0.25, 0.3) is 0 Å². The fraction of sp³-hybridized carbons (Fsp3) is 0.227. The molecule has 1 aromatic heterocycles. The zero-order valence-electron chi connectivity index (χ0n) is 15.9. The van der Waals surface area contributed by atoms with E-state index in [1.54, 1.807) is 6.07 Å². The quantitative estimate of drug-likeness (QED) is 0.678. The third-order valence-corrected chi connectivity index (χ3v) is 4.36. The number of benzene rings is 2. The van der Waals surface area contributed by atoms with Gasteiger partial charge < -0.3 is 10.6 Å². The molecule has 2 N–H and O–H groups in total. The number of para-hydroxylation sites is 1. The third-order valence-electron chi connectivity index (χ3n) is 4.36. The third kappa shape index (κ3) is 4.70. The smallest absolute Gasteiger partial charge is 0.274 e. The van der Waals surface area contributed by atoms with Gasteiger partial charge in [0.15, 0.2) is 0 Å². The van der Waals surface area contributed by atoms with Crippen LogP contribution < -0.4 is 10.6 Å². The molecular formula is C22H24N4O. The second kappa shape index (κ2) is 8.45. The van der Waals surface area contributed by atoms with E-state index in [0.717, 1.165) is 34.5 Å². The van der Waals surface area contributed by atoms with Gasteiger partial charge in [0.05, 0.1) is 0 Å². The Morgan fingerprint density at radius 1 is 1.00 bits per heavy atom. The molecule has 0 saturated carbocycles. The van der Waals surface area contributed by atoms with E-state index < -0.39 is 0 Å². The van der Waals surface area contributed by atoms with Crippen LogP contribution in [-0.2, 0) is 13.0 Å². The number of anilines is 2. The molecule has 0 atom stereocenters. The molecule has 0 bridgehead atoms. The summed E-state index contributed by atoms with van der Waals surface area (Å²) in [7, 11) is 0. The molecule has 0 aliphatic heterocycles. The summed E-state index contributed by atoms with van der Waals surface area (Å²) in [5, 5.41) is 6.21. The molecule has 27 heavy (non-hydrogen) atoms. The maximum atomic E-state index is 12.8. The van der Waals surface area contributed by atoms with Gasteiger partial charge in [0.2, 0.25) is 5.95 Å². The average Bonchev–Trinajstić information content (AvgIpc) is 2.68. The molecule has 0 spiro atoms. The van der Waals surface area contributed by atoms with Crippen molar-refractivity contribution in [3.05, 3.63) is 82.7 Å². The summed E-state index contributed by atoms with van der Waals surface area (Å²) < 4.78 is 0. The Bertz CT molecular complexity index is 938. The summed E-state index contributed by atoms with van der Waals surface area (Å²) in [6.07, 6.45) is 0.851. The monoisotopic (exact) mass is 360 g/mol. The number of hydrogen-bond acceptors (Lipinski definition) is 4. The topological polar surface area (TPSA) is 66.9 Å². The van der Waals surface area contributed by atoms with Gasteiger partial charge in [-0.05, 0) is 43.0 Å². The van der Waals surface area contributed by atoms with Crippen LogP contribution in [0.2, 0.25) is 0 Å². The molecular weight excluding hydrogens is 336 g/mol. The predicted octanol–water partition coefficient (Wildman–Crippen LogP) is 4.52. The van der Waals surface area contributed by atoms with E-state index in [2.05, 4.69) is 27.5 Å². The maximum Gasteiger partial charge on any atom is 0.274 e. The van der Waals surface area contributed by atoms with E-state index in [4.69, 9.17) is 0 Å². The molecule has 0 aliphatic carbocycles. The Balaban J connectivity index is 1.78. The minimum Gasteiger partial charge on any atom is -0.350 e. The van der Waals surface area contributed by atoms with Crippen molar-refractivity contribution >= 4 is 17.5 Å². The lowest BCUT2D eigenvalue weighted by Crippen LogP contribution is -2.17. The van der Waals surface area contributed by atoms with Gasteiger partial charge in [-0.15, -0.1) is 0 Å². The van der Waals surface area contributed by atoms with Crippen molar-refractivity contribution in [2.75, 3.05) is 10.6 Å². The van der Waals surface area contributed by atoms with E-state index in [0.29, 0.717) is 18.2 Å². The lowest BCUT2D eigenvalue weighted by molar-refractivity contribution is 0.102. The van der Waals surface area contributed by atoms with Crippen molar-refractivity contribution < 1.29 is 4.79 Å². The average molecular weight is 360 g/mol. The number of hydrogen-bond donors (Lipinski definition) is 2. The summed E-state index contributed by atoms with van der Waals surface area (Å²) in [4.78, 5) is 21.6. The van der Waals surface area contributed by atoms with E-state index in [9.17, 15) is 4.79 Å². The number of nitrogens with zero attached hydrogens (tertiary/aromatic N) is 2. The highest BCUT2D eigenvalue weighted by Gasteiger charge is 2.14. The van der Waals surface area contributed by atoms with Crippen molar-refractivity contribution in [1.82, 2.24) is 9.97 Å². The number of nitrogens with one attached hydrogen (secondary N) is 2. The second-order valence-electron chi connectivity index (χ2n) is 6.47. The van der Waals surface area contributed by atoms with Crippen LogP contribution in [0.15, 0.2) is 54.6 Å². The number of amides is 1. The summed E-state index contributed by atoms with van der Waals surface area (Å²) in [5.74, 6) is 0.219. The first-order valence-electron chi connectivity index (χ1n) is 9.10. The normalized spacial score (nSPS) is 10.5. The molecule has 1 heterocycles. The van der Waals surface area contributed by atoms with E-state index in [1.807, 2.05) is 62.4 Å².